The van der Waals surface area contributed by atoms with Gasteiger partial charge in [-0.3, -0.25) is 19.6 Å². The van der Waals surface area contributed by atoms with E-state index in [1.165, 1.54) is 6.33 Å². The molecule has 7 nitrogen and oxygen atoms in total. The molecule has 0 unspecified atom stereocenters. The van der Waals surface area contributed by atoms with Crippen molar-refractivity contribution in [2.24, 2.45) is 0 Å². The first-order chi connectivity index (χ1) is 14.6. The van der Waals surface area contributed by atoms with Crippen LogP contribution < -0.4 is 11.0 Å². The summed E-state index contributed by atoms with van der Waals surface area (Å²) < 4.78 is 3.14. The third-order valence-electron chi connectivity index (χ3n) is 4.99. The van der Waals surface area contributed by atoms with Crippen molar-refractivity contribution in [1.29, 1.82) is 0 Å². The van der Waals surface area contributed by atoms with E-state index in [2.05, 4.69) is 15.4 Å². The Morgan fingerprint density at radius 1 is 0.933 bits per heavy atom. The average molecular weight is 395 g/mol. The van der Waals surface area contributed by atoms with Crippen LogP contribution in [0.3, 0.4) is 0 Å². The van der Waals surface area contributed by atoms with Gasteiger partial charge in [-0.15, -0.1) is 0 Å². The number of hydrogen-bond acceptors (Lipinski definition) is 4. The summed E-state index contributed by atoms with van der Waals surface area (Å²) in [4.78, 5) is 34.2. The van der Waals surface area contributed by atoms with E-state index in [1.807, 2.05) is 54.0 Å². The van der Waals surface area contributed by atoms with Gasteiger partial charge < -0.3 is 0 Å². The monoisotopic (exact) mass is 395 g/mol. The third kappa shape index (κ3) is 2.93. The van der Waals surface area contributed by atoms with E-state index >= 15 is 0 Å². The molecule has 146 valence electrons. The van der Waals surface area contributed by atoms with Crippen molar-refractivity contribution in [2.75, 3.05) is 5.43 Å². The molecule has 2 heterocycles. The smallest absolute Gasteiger partial charge is 0.280 e. The van der Waals surface area contributed by atoms with Crippen LogP contribution in [0.4, 0.5) is 0 Å². The second kappa shape index (κ2) is 6.97. The van der Waals surface area contributed by atoms with Crippen molar-refractivity contribution in [3.63, 3.8) is 0 Å². The van der Waals surface area contributed by atoms with Crippen LogP contribution in [0.1, 0.15) is 16.2 Å². The first-order valence-electron chi connectivity index (χ1n) is 9.44. The van der Waals surface area contributed by atoms with E-state index < -0.39 is 5.91 Å². The highest BCUT2D eigenvalue weighted by molar-refractivity contribution is 6.02. The van der Waals surface area contributed by atoms with Crippen molar-refractivity contribution in [1.82, 2.24) is 19.2 Å². The fourth-order valence-corrected chi connectivity index (χ4v) is 3.57. The van der Waals surface area contributed by atoms with Crippen molar-refractivity contribution >= 4 is 27.8 Å². The largest absolute Gasteiger partial charge is 0.297 e. The summed E-state index contributed by atoms with van der Waals surface area (Å²) in [5, 5.41) is 0.438. The number of aryl methyl sites for hydroxylation is 1. The van der Waals surface area contributed by atoms with Gasteiger partial charge >= 0.3 is 0 Å². The quantitative estimate of drug-likeness (QED) is 0.507. The van der Waals surface area contributed by atoms with Crippen LogP contribution >= 0.6 is 0 Å². The molecule has 0 atom stereocenters. The third-order valence-corrected chi connectivity index (χ3v) is 4.99. The summed E-state index contributed by atoms with van der Waals surface area (Å²) in [6.45, 7) is 1.92. The van der Waals surface area contributed by atoms with E-state index in [4.69, 9.17) is 0 Å². The molecule has 0 saturated carbocycles. The molecule has 7 heteroatoms. The zero-order chi connectivity index (χ0) is 20.7. The maximum absolute atomic E-state index is 12.8. The van der Waals surface area contributed by atoms with Gasteiger partial charge in [-0.2, -0.15) is 0 Å². The number of fused-ring (bicyclic) bond motifs is 2. The topological polar surface area (TPSA) is 81.8 Å². The Labute approximate surface area is 171 Å². The molecule has 0 spiro atoms. The summed E-state index contributed by atoms with van der Waals surface area (Å²) in [5.41, 5.74) is 5.86. The molecule has 0 fully saturated rings. The van der Waals surface area contributed by atoms with Crippen LogP contribution in [0.5, 0.6) is 0 Å². The maximum atomic E-state index is 12.8. The fourth-order valence-electron chi connectivity index (χ4n) is 3.57. The minimum Gasteiger partial charge on any atom is -0.297 e. The first-order valence-corrected chi connectivity index (χ1v) is 9.44. The van der Waals surface area contributed by atoms with Gasteiger partial charge in [-0.05, 0) is 49.4 Å². The average Bonchev–Trinajstić information content (AvgIpc) is 3.11. The first kappa shape index (κ1) is 17.8. The predicted molar refractivity (Wildman–Crippen MR) is 116 cm³/mol. The maximum Gasteiger partial charge on any atom is 0.280 e. The number of carbonyl (C=O) groups excluding carboxylic acids is 1. The number of nitrogens with one attached hydrogen (secondary N) is 1. The van der Waals surface area contributed by atoms with Crippen molar-refractivity contribution in [3.05, 3.63) is 101 Å². The number of carbonyl (C=O) groups is 1. The summed E-state index contributed by atoms with van der Waals surface area (Å²) in [5.74, 6) is 0.409. The van der Waals surface area contributed by atoms with Gasteiger partial charge in [0.2, 0.25) is 0 Å². The number of imidazole rings is 1. The molecule has 3 aromatic carbocycles. The second-order valence-corrected chi connectivity index (χ2v) is 6.91. The summed E-state index contributed by atoms with van der Waals surface area (Å²) in [7, 11) is 0. The van der Waals surface area contributed by atoms with Gasteiger partial charge in [0.15, 0.2) is 0 Å². The summed E-state index contributed by atoms with van der Waals surface area (Å²) in [6.07, 6.45) is 1.31. The van der Waals surface area contributed by atoms with E-state index in [0.29, 0.717) is 22.0 Å². The zero-order valence-electron chi connectivity index (χ0n) is 16.1. The standard InChI is InChI=1S/C23H17N5O2/c1-15-25-20-13-16(11-12-21(20)28(15)17-7-3-2-4-8-17)22(29)26-27-14-24-19-10-6-5-9-18(19)23(27)30/h2-14H,1H3,(H,26,29). The number of rotatable bonds is 3. The van der Waals surface area contributed by atoms with Gasteiger partial charge in [0.05, 0.1) is 21.9 Å². The predicted octanol–water partition coefficient (Wildman–Crippen LogP) is 3.43. The highest BCUT2D eigenvalue weighted by Crippen LogP contribution is 2.22. The molecular weight excluding hydrogens is 378 g/mol. The van der Waals surface area contributed by atoms with Crippen LogP contribution in [-0.2, 0) is 0 Å². The Morgan fingerprint density at radius 2 is 1.70 bits per heavy atom. The number of para-hydroxylation sites is 2. The SMILES string of the molecule is Cc1nc2cc(C(=O)Nn3cnc4ccccc4c3=O)ccc2n1-c1ccccc1. The van der Waals surface area contributed by atoms with Gasteiger partial charge in [-0.25, -0.2) is 14.6 Å². The zero-order valence-corrected chi connectivity index (χ0v) is 16.1. The number of nitrogens with zero attached hydrogens (tertiary/aromatic N) is 4. The molecular formula is C23H17N5O2. The van der Waals surface area contributed by atoms with Gasteiger partial charge in [0.25, 0.3) is 11.5 Å². The highest BCUT2D eigenvalue weighted by atomic mass is 16.2. The van der Waals surface area contributed by atoms with Crippen molar-refractivity contribution in [2.45, 2.75) is 6.92 Å². The Balaban J connectivity index is 1.50. The number of aromatic nitrogens is 4. The van der Waals surface area contributed by atoms with Gasteiger partial charge in [0, 0.05) is 11.3 Å². The molecule has 5 aromatic rings. The van der Waals surface area contributed by atoms with Gasteiger partial charge in [0.1, 0.15) is 12.2 Å². The van der Waals surface area contributed by atoms with Crippen molar-refractivity contribution < 1.29 is 4.79 Å². The Morgan fingerprint density at radius 3 is 2.53 bits per heavy atom. The molecule has 0 aliphatic heterocycles. The minimum atomic E-state index is -0.414. The molecule has 0 aliphatic carbocycles. The number of hydrogen-bond donors (Lipinski definition) is 1. The molecule has 30 heavy (non-hydrogen) atoms. The molecule has 2 aromatic heterocycles. The molecule has 0 radical (unpaired) electrons. The lowest BCUT2D eigenvalue weighted by atomic mass is 10.2. The molecule has 5 rings (SSSR count). The van der Waals surface area contributed by atoms with E-state index in [9.17, 15) is 9.59 Å². The van der Waals surface area contributed by atoms with E-state index in [0.717, 1.165) is 21.7 Å². The van der Waals surface area contributed by atoms with Crippen LogP contribution in [0, 0.1) is 6.92 Å². The Hall–Kier alpha value is -4.26. The lowest BCUT2D eigenvalue weighted by molar-refractivity contribution is 0.101. The number of benzene rings is 3. The molecule has 0 saturated heterocycles. The van der Waals surface area contributed by atoms with Crippen LogP contribution in [0.2, 0.25) is 0 Å². The molecule has 0 aliphatic rings. The van der Waals surface area contributed by atoms with Crippen LogP contribution in [0.15, 0.2) is 83.9 Å². The lowest BCUT2D eigenvalue weighted by Crippen LogP contribution is -2.33. The lowest BCUT2D eigenvalue weighted by Gasteiger charge is -2.09. The van der Waals surface area contributed by atoms with Crippen molar-refractivity contribution in [3.8, 4) is 5.69 Å². The Kier molecular flexibility index (Phi) is 4.14. The molecule has 0 bridgehead atoms. The van der Waals surface area contributed by atoms with E-state index in [1.54, 1.807) is 30.3 Å². The second-order valence-electron chi connectivity index (χ2n) is 6.91. The van der Waals surface area contributed by atoms with E-state index in [-0.39, 0.29) is 5.56 Å². The van der Waals surface area contributed by atoms with Crippen LogP contribution in [-0.4, -0.2) is 25.1 Å². The molecule has 1 N–H and O–H groups in total. The normalized spacial score (nSPS) is 11.1. The fraction of sp³-hybridized carbons (Fsp3) is 0.0435. The van der Waals surface area contributed by atoms with Crippen LogP contribution in [0.25, 0.3) is 27.6 Å². The molecule has 1 amide bonds. The summed E-state index contributed by atoms with van der Waals surface area (Å²) >= 11 is 0. The minimum absolute atomic E-state index is 0.334. The number of amides is 1. The summed E-state index contributed by atoms with van der Waals surface area (Å²) in [6, 6.07) is 22.2. The highest BCUT2D eigenvalue weighted by Gasteiger charge is 2.14. The Bertz CT molecular complexity index is 1470. The van der Waals surface area contributed by atoms with Gasteiger partial charge in [-0.1, -0.05) is 30.3 Å².